The van der Waals surface area contributed by atoms with E-state index in [0.717, 1.165) is 11.8 Å². The summed E-state index contributed by atoms with van der Waals surface area (Å²) in [7, 11) is 0. The van der Waals surface area contributed by atoms with Crippen LogP contribution in [0.25, 0.3) is 0 Å². The normalized spacial score (nSPS) is 26.8. The first kappa shape index (κ1) is 26.5. The van der Waals surface area contributed by atoms with Gasteiger partial charge in [0.05, 0.1) is 19.2 Å². The van der Waals surface area contributed by atoms with Gasteiger partial charge in [-0.25, -0.2) is 4.68 Å². The third kappa shape index (κ3) is 6.03. The van der Waals surface area contributed by atoms with Gasteiger partial charge in [-0.2, -0.15) is 5.10 Å². The maximum Gasteiger partial charge on any atom is 0.305 e. The standard InChI is InChI=1S/C27H42N4O5/c1-16(2)15-36-25-21(24(34)30-23-19-10-17-9-18(12-19)13-20(23)11-17)14-29-31(25)8-6-27(3,4)26(35)28-7-5-22(32)33/h14,16-20,23H,5-13,15H2,1-4H3,(H,28,35)(H,30,34)(H,32,33). The number of carbonyl (C=O) groups excluding carboxylic acids is 2. The van der Waals surface area contributed by atoms with Crippen molar-refractivity contribution in [2.45, 2.75) is 85.2 Å². The van der Waals surface area contributed by atoms with Crippen LogP contribution in [0, 0.1) is 35.0 Å². The predicted molar refractivity (Wildman–Crippen MR) is 135 cm³/mol. The lowest BCUT2D eigenvalue weighted by molar-refractivity contribution is -0.137. The molecule has 4 saturated carbocycles. The number of carbonyl (C=O) groups is 3. The lowest BCUT2D eigenvalue weighted by atomic mass is 9.54. The molecule has 200 valence electrons. The molecule has 36 heavy (non-hydrogen) atoms. The Hall–Kier alpha value is -2.58. The summed E-state index contributed by atoms with van der Waals surface area (Å²) < 4.78 is 7.77. The van der Waals surface area contributed by atoms with Crippen molar-refractivity contribution in [3.63, 3.8) is 0 Å². The summed E-state index contributed by atoms with van der Waals surface area (Å²) in [6.45, 7) is 8.71. The van der Waals surface area contributed by atoms with Crippen molar-refractivity contribution in [1.29, 1.82) is 0 Å². The molecule has 0 atom stereocenters. The van der Waals surface area contributed by atoms with Crippen molar-refractivity contribution in [2.24, 2.45) is 35.0 Å². The number of ether oxygens (including phenoxy) is 1. The van der Waals surface area contributed by atoms with Gasteiger partial charge in [-0.15, -0.1) is 0 Å². The van der Waals surface area contributed by atoms with Crippen LogP contribution in [-0.2, 0) is 16.1 Å². The molecule has 0 saturated heterocycles. The molecule has 3 N–H and O–H groups in total. The Balaban J connectivity index is 1.42. The van der Waals surface area contributed by atoms with Crippen molar-refractivity contribution in [3.8, 4) is 5.88 Å². The number of carboxylic acid groups (broad SMARTS) is 1. The van der Waals surface area contributed by atoms with E-state index < -0.39 is 11.4 Å². The number of nitrogens with zero attached hydrogens (tertiary/aromatic N) is 2. The van der Waals surface area contributed by atoms with Crippen LogP contribution in [0.3, 0.4) is 0 Å². The highest BCUT2D eigenvalue weighted by atomic mass is 16.5. The SMILES string of the molecule is CC(C)COc1c(C(=O)NC2C3CC4CC(C3)CC2C4)cnn1CCC(C)(C)C(=O)NCCC(=O)O. The van der Waals surface area contributed by atoms with Gasteiger partial charge in [-0.05, 0) is 68.1 Å². The molecule has 1 aromatic rings. The molecule has 0 aromatic carbocycles. The third-order valence-corrected chi connectivity index (χ3v) is 8.30. The van der Waals surface area contributed by atoms with Gasteiger partial charge in [0.25, 0.3) is 5.91 Å². The molecular formula is C27H42N4O5. The van der Waals surface area contributed by atoms with Gasteiger partial charge < -0.3 is 20.5 Å². The van der Waals surface area contributed by atoms with Crippen LogP contribution in [0.15, 0.2) is 6.20 Å². The van der Waals surface area contributed by atoms with Crippen LogP contribution in [-0.4, -0.2) is 51.9 Å². The highest BCUT2D eigenvalue weighted by Gasteiger charge is 2.48. The van der Waals surface area contributed by atoms with Gasteiger partial charge in [0.2, 0.25) is 11.8 Å². The number of aryl methyl sites for hydroxylation is 1. The van der Waals surface area contributed by atoms with E-state index in [1.54, 1.807) is 10.9 Å². The molecule has 0 unspecified atom stereocenters. The molecule has 4 bridgehead atoms. The molecule has 0 radical (unpaired) electrons. The number of aliphatic carboxylic acids is 1. The van der Waals surface area contributed by atoms with Crippen LogP contribution in [0.2, 0.25) is 0 Å². The van der Waals surface area contributed by atoms with Gasteiger partial charge in [0.15, 0.2) is 0 Å². The molecule has 2 amide bonds. The van der Waals surface area contributed by atoms with Gasteiger partial charge >= 0.3 is 5.97 Å². The van der Waals surface area contributed by atoms with E-state index >= 15 is 0 Å². The van der Waals surface area contributed by atoms with Crippen LogP contribution in [0.1, 0.15) is 83.0 Å². The second kappa shape index (κ2) is 10.8. The number of amides is 2. The number of aromatic nitrogens is 2. The third-order valence-electron chi connectivity index (χ3n) is 8.30. The van der Waals surface area contributed by atoms with E-state index in [0.29, 0.717) is 42.9 Å². The molecule has 4 aliphatic carbocycles. The molecule has 0 spiro atoms. The molecule has 1 heterocycles. The number of hydrogen-bond acceptors (Lipinski definition) is 5. The summed E-state index contributed by atoms with van der Waals surface area (Å²) >= 11 is 0. The van der Waals surface area contributed by atoms with Crippen LogP contribution < -0.4 is 15.4 Å². The first-order valence-corrected chi connectivity index (χ1v) is 13.5. The molecule has 1 aromatic heterocycles. The Bertz CT molecular complexity index is 941. The van der Waals surface area contributed by atoms with Gasteiger partial charge in [0.1, 0.15) is 5.56 Å². The molecule has 5 rings (SSSR count). The van der Waals surface area contributed by atoms with Crippen LogP contribution in [0.5, 0.6) is 5.88 Å². The molecule has 4 aliphatic rings. The van der Waals surface area contributed by atoms with E-state index in [-0.39, 0.29) is 36.7 Å². The lowest BCUT2D eigenvalue weighted by Gasteiger charge is -2.54. The number of nitrogens with one attached hydrogen (secondary N) is 2. The van der Waals surface area contributed by atoms with Crippen LogP contribution in [0.4, 0.5) is 0 Å². The smallest absolute Gasteiger partial charge is 0.305 e. The molecule has 0 aliphatic heterocycles. The largest absolute Gasteiger partial charge is 0.481 e. The highest BCUT2D eigenvalue weighted by molar-refractivity contribution is 5.96. The summed E-state index contributed by atoms with van der Waals surface area (Å²) in [5.74, 6) is 2.31. The van der Waals surface area contributed by atoms with Crippen LogP contribution >= 0.6 is 0 Å². The van der Waals surface area contributed by atoms with Crippen molar-refractivity contribution < 1.29 is 24.2 Å². The predicted octanol–water partition coefficient (Wildman–Crippen LogP) is 3.48. The zero-order chi connectivity index (χ0) is 26.0. The quantitative estimate of drug-likeness (QED) is 0.402. The van der Waals surface area contributed by atoms with E-state index in [2.05, 4.69) is 29.6 Å². The van der Waals surface area contributed by atoms with Crippen molar-refractivity contribution in [3.05, 3.63) is 11.8 Å². The Kier molecular flexibility index (Phi) is 7.95. The minimum atomic E-state index is -0.948. The van der Waals surface area contributed by atoms with Crippen molar-refractivity contribution >= 4 is 17.8 Å². The van der Waals surface area contributed by atoms with Crippen molar-refractivity contribution in [2.75, 3.05) is 13.2 Å². The number of rotatable bonds is 12. The summed E-state index contributed by atoms with van der Waals surface area (Å²) in [6, 6.07) is 0.236. The Labute approximate surface area is 213 Å². The Morgan fingerprint density at radius 1 is 1.14 bits per heavy atom. The molecule has 9 heteroatoms. The summed E-state index contributed by atoms with van der Waals surface area (Å²) in [4.78, 5) is 36.8. The first-order valence-electron chi connectivity index (χ1n) is 13.5. The molecule has 9 nitrogen and oxygen atoms in total. The van der Waals surface area contributed by atoms with Gasteiger partial charge in [-0.1, -0.05) is 27.7 Å². The number of carboxylic acids is 1. The maximum atomic E-state index is 13.4. The average Bonchev–Trinajstić information content (AvgIpc) is 3.20. The Morgan fingerprint density at radius 2 is 1.78 bits per heavy atom. The fourth-order valence-corrected chi connectivity index (χ4v) is 6.50. The molecule has 4 fully saturated rings. The number of hydrogen-bond donors (Lipinski definition) is 3. The average molecular weight is 503 g/mol. The van der Waals surface area contributed by atoms with Gasteiger partial charge in [-0.3, -0.25) is 14.4 Å². The lowest BCUT2D eigenvalue weighted by Crippen LogP contribution is -2.55. The summed E-state index contributed by atoms with van der Waals surface area (Å²) in [5, 5.41) is 19.3. The Morgan fingerprint density at radius 3 is 2.36 bits per heavy atom. The van der Waals surface area contributed by atoms with E-state index in [1.165, 1.54) is 32.1 Å². The fourth-order valence-electron chi connectivity index (χ4n) is 6.50. The van der Waals surface area contributed by atoms with E-state index in [1.807, 2.05) is 13.8 Å². The first-order chi connectivity index (χ1) is 17.0. The topological polar surface area (TPSA) is 123 Å². The highest BCUT2D eigenvalue weighted by Crippen LogP contribution is 2.53. The van der Waals surface area contributed by atoms with Gasteiger partial charge in [0, 0.05) is 24.5 Å². The monoisotopic (exact) mass is 502 g/mol. The second-order valence-electron chi connectivity index (χ2n) is 12.3. The molecular weight excluding hydrogens is 460 g/mol. The summed E-state index contributed by atoms with van der Waals surface area (Å²) in [6.07, 6.45) is 8.24. The van der Waals surface area contributed by atoms with E-state index in [4.69, 9.17) is 9.84 Å². The second-order valence-corrected chi connectivity index (χ2v) is 12.3. The van der Waals surface area contributed by atoms with Crippen molar-refractivity contribution in [1.82, 2.24) is 20.4 Å². The van der Waals surface area contributed by atoms with E-state index in [9.17, 15) is 14.4 Å². The zero-order valence-electron chi connectivity index (χ0n) is 22.1. The summed E-state index contributed by atoms with van der Waals surface area (Å²) in [5.41, 5.74) is -0.282. The maximum absolute atomic E-state index is 13.4. The fraction of sp³-hybridized carbons (Fsp3) is 0.778. The minimum absolute atomic E-state index is 0.0943. The minimum Gasteiger partial charge on any atom is -0.481 e. The zero-order valence-corrected chi connectivity index (χ0v) is 22.1.